The van der Waals surface area contributed by atoms with Gasteiger partial charge in [0.2, 0.25) is 0 Å². The van der Waals surface area contributed by atoms with Gasteiger partial charge in [-0.05, 0) is 37.9 Å². The molecule has 148 valence electrons. The minimum Gasteiger partial charge on any atom is -0.355 e. The smallest absolute Gasteiger partial charge is 0.191 e. The normalized spacial score (nSPS) is 17.4. The Hall–Kier alpha value is -0.670. The van der Waals surface area contributed by atoms with Gasteiger partial charge in [-0.25, -0.2) is 0 Å². The van der Waals surface area contributed by atoms with Crippen LogP contribution in [0.4, 0.5) is 0 Å². The number of benzene rings is 1. The van der Waals surface area contributed by atoms with Gasteiger partial charge in [-0.15, -0.1) is 24.0 Å². The van der Waals surface area contributed by atoms with E-state index in [2.05, 4.69) is 27.4 Å². The van der Waals surface area contributed by atoms with Gasteiger partial charge in [0.25, 0.3) is 0 Å². The fraction of sp³-hybridized carbons (Fsp3) is 0.632. The first-order valence-electron chi connectivity index (χ1n) is 9.36. The first-order chi connectivity index (χ1) is 12.2. The van der Waals surface area contributed by atoms with Crippen LogP contribution in [0.3, 0.4) is 0 Å². The summed E-state index contributed by atoms with van der Waals surface area (Å²) in [6, 6.07) is 10.1. The Morgan fingerprint density at radius 2 is 1.96 bits per heavy atom. The van der Waals surface area contributed by atoms with Gasteiger partial charge in [-0.1, -0.05) is 31.5 Å². The summed E-state index contributed by atoms with van der Waals surface area (Å²) >= 11 is 0. The zero-order chi connectivity index (χ0) is 17.9. The number of hydrogen-bond acceptors (Lipinski definition) is 3. The molecule has 7 heteroatoms. The van der Waals surface area contributed by atoms with Crippen molar-refractivity contribution in [2.45, 2.75) is 43.5 Å². The number of guanidine groups is 1. The van der Waals surface area contributed by atoms with E-state index in [0.29, 0.717) is 18.3 Å². The lowest BCUT2D eigenvalue weighted by molar-refractivity contribution is 0.203. The monoisotopic (exact) mass is 492 g/mol. The quantitative estimate of drug-likeness (QED) is 0.333. The molecule has 26 heavy (non-hydrogen) atoms. The highest BCUT2D eigenvalue weighted by atomic mass is 127. The molecule has 0 radical (unpaired) electrons. The molecular weight excluding hydrogens is 459 g/mol. The van der Waals surface area contributed by atoms with Crippen LogP contribution in [0.5, 0.6) is 0 Å². The summed E-state index contributed by atoms with van der Waals surface area (Å²) in [7, 11) is 0.823. The van der Waals surface area contributed by atoms with Crippen molar-refractivity contribution in [3.8, 4) is 0 Å². The maximum absolute atomic E-state index is 12.2. The molecule has 0 saturated carbocycles. The predicted molar refractivity (Wildman–Crippen MR) is 122 cm³/mol. The van der Waals surface area contributed by atoms with E-state index in [4.69, 9.17) is 0 Å². The lowest BCUT2D eigenvalue weighted by Crippen LogP contribution is -2.49. The van der Waals surface area contributed by atoms with Crippen LogP contribution in [0.15, 0.2) is 40.2 Å². The van der Waals surface area contributed by atoms with Gasteiger partial charge in [0.15, 0.2) is 5.96 Å². The molecule has 1 atom stereocenters. The highest BCUT2D eigenvalue weighted by molar-refractivity contribution is 14.0. The van der Waals surface area contributed by atoms with Gasteiger partial charge in [0.1, 0.15) is 0 Å². The van der Waals surface area contributed by atoms with Gasteiger partial charge < -0.3 is 15.5 Å². The van der Waals surface area contributed by atoms with Gasteiger partial charge in [-0.3, -0.25) is 9.20 Å². The van der Waals surface area contributed by atoms with E-state index < -0.39 is 10.8 Å². The Morgan fingerprint density at radius 3 is 2.58 bits per heavy atom. The van der Waals surface area contributed by atoms with Crippen LogP contribution in [-0.2, 0) is 10.8 Å². The highest BCUT2D eigenvalue weighted by Gasteiger charge is 2.19. The number of aliphatic imine (C=N–C) groups is 1. The second kappa shape index (κ2) is 13.5. The maximum atomic E-state index is 12.2. The van der Waals surface area contributed by atoms with Crippen LogP contribution in [0, 0.1) is 0 Å². The molecule has 5 nitrogen and oxygen atoms in total. The lowest BCUT2D eigenvalue weighted by atomic mass is 10.0. The number of nitrogens with zero attached hydrogens (tertiary/aromatic N) is 2. The van der Waals surface area contributed by atoms with Gasteiger partial charge >= 0.3 is 0 Å². The summed E-state index contributed by atoms with van der Waals surface area (Å²) in [5.74, 6) is 1.40. The van der Waals surface area contributed by atoms with Crippen molar-refractivity contribution in [3.05, 3.63) is 30.3 Å². The number of unbranched alkanes of at least 4 members (excludes halogenated alkanes) is 1. The summed E-state index contributed by atoms with van der Waals surface area (Å²) in [5.41, 5.74) is 0. The molecule has 1 aliphatic heterocycles. The number of rotatable bonds is 8. The van der Waals surface area contributed by atoms with Crippen LogP contribution < -0.4 is 10.6 Å². The van der Waals surface area contributed by atoms with Crippen molar-refractivity contribution in [3.63, 3.8) is 0 Å². The number of piperidine rings is 1. The summed E-state index contributed by atoms with van der Waals surface area (Å²) in [4.78, 5) is 7.74. The Morgan fingerprint density at radius 1 is 1.27 bits per heavy atom. The van der Waals surface area contributed by atoms with E-state index in [1.807, 2.05) is 30.3 Å². The van der Waals surface area contributed by atoms with Gasteiger partial charge in [0.05, 0.1) is 10.8 Å². The minimum absolute atomic E-state index is 0. The summed E-state index contributed by atoms with van der Waals surface area (Å²) in [5, 5.41) is 6.80. The first-order valence-corrected chi connectivity index (χ1v) is 10.7. The number of likely N-dealkylation sites (tertiary alicyclic amines) is 1. The first kappa shape index (κ1) is 23.4. The van der Waals surface area contributed by atoms with E-state index in [1.165, 1.54) is 19.4 Å². The zero-order valence-corrected chi connectivity index (χ0v) is 19.1. The zero-order valence-electron chi connectivity index (χ0n) is 15.9. The molecule has 2 rings (SSSR count). The van der Waals surface area contributed by atoms with E-state index in [-0.39, 0.29) is 24.0 Å². The van der Waals surface area contributed by atoms with Crippen molar-refractivity contribution in [2.75, 3.05) is 39.0 Å². The Balaban J connectivity index is 0.00000338. The third-order valence-electron chi connectivity index (χ3n) is 4.57. The molecule has 1 saturated heterocycles. The Bertz CT molecular complexity index is 548. The van der Waals surface area contributed by atoms with Crippen LogP contribution in [0.1, 0.15) is 32.6 Å². The van der Waals surface area contributed by atoms with Crippen LogP contribution in [0.25, 0.3) is 0 Å². The lowest BCUT2D eigenvalue weighted by Gasteiger charge is -2.33. The second-order valence-corrected chi connectivity index (χ2v) is 8.05. The summed E-state index contributed by atoms with van der Waals surface area (Å²) < 4.78 is 12.2. The van der Waals surface area contributed by atoms with E-state index in [1.54, 1.807) is 7.05 Å². The van der Waals surface area contributed by atoms with Crippen molar-refractivity contribution < 1.29 is 4.21 Å². The predicted octanol–water partition coefficient (Wildman–Crippen LogP) is 2.84. The largest absolute Gasteiger partial charge is 0.355 e. The average Bonchev–Trinajstić information content (AvgIpc) is 2.67. The van der Waals surface area contributed by atoms with E-state index >= 15 is 0 Å². The topological polar surface area (TPSA) is 56.7 Å². The Labute approximate surface area is 177 Å². The maximum Gasteiger partial charge on any atom is 0.191 e. The van der Waals surface area contributed by atoms with Crippen molar-refractivity contribution in [1.82, 2.24) is 15.5 Å². The fourth-order valence-electron chi connectivity index (χ4n) is 3.02. The van der Waals surface area contributed by atoms with Gasteiger partial charge in [-0.2, -0.15) is 0 Å². The van der Waals surface area contributed by atoms with Crippen LogP contribution in [-0.4, -0.2) is 60.1 Å². The van der Waals surface area contributed by atoms with E-state index in [9.17, 15) is 4.21 Å². The molecule has 1 aliphatic rings. The molecule has 1 heterocycles. The molecular formula is C19H33IN4OS. The SMILES string of the molecule is CCCCN1CCC(NC(=NC)NCCS(=O)c2ccccc2)CC1.I. The standard InChI is InChI=1S/C19H32N4OS.HI/c1-3-4-13-23-14-10-17(11-15-23)22-19(20-2)21-12-16-25(24)18-8-6-5-7-9-18;/h5-9,17H,3-4,10-16H2,1-2H3,(H2,20,21,22);1H. The molecule has 0 aromatic heterocycles. The Kier molecular flexibility index (Phi) is 12.1. The van der Waals surface area contributed by atoms with Crippen molar-refractivity contribution >= 4 is 40.7 Å². The molecule has 2 N–H and O–H groups in total. The van der Waals surface area contributed by atoms with Crippen molar-refractivity contribution in [2.24, 2.45) is 4.99 Å². The third-order valence-corrected chi connectivity index (χ3v) is 5.94. The molecule has 1 fully saturated rings. The molecule has 1 unspecified atom stereocenters. The molecule has 0 aliphatic carbocycles. The highest BCUT2D eigenvalue weighted by Crippen LogP contribution is 2.11. The summed E-state index contributed by atoms with van der Waals surface area (Å²) in [6.45, 7) is 6.44. The molecule has 0 bridgehead atoms. The second-order valence-electron chi connectivity index (χ2n) is 6.48. The minimum atomic E-state index is -0.969. The number of nitrogens with one attached hydrogen (secondary N) is 2. The number of halogens is 1. The number of hydrogen-bond donors (Lipinski definition) is 2. The van der Waals surface area contributed by atoms with Crippen LogP contribution >= 0.6 is 24.0 Å². The van der Waals surface area contributed by atoms with Gasteiger partial charge in [0, 0.05) is 43.4 Å². The fourth-order valence-corrected chi connectivity index (χ4v) is 4.01. The van der Waals surface area contributed by atoms with Crippen LogP contribution in [0.2, 0.25) is 0 Å². The van der Waals surface area contributed by atoms with E-state index in [0.717, 1.165) is 36.8 Å². The summed E-state index contributed by atoms with van der Waals surface area (Å²) in [6.07, 6.45) is 4.86. The third kappa shape index (κ3) is 8.35. The van der Waals surface area contributed by atoms with Crippen molar-refractivity contribution in [1.29, 1.82) is 0 Å². The molecule has 0 amide bonds. The molecule has 1 aromatic rings. The molecule has 0 spiro atoms. The molecule has 1 aromatic carbocycles. The average molecular weight is 492 g/mol.